The molecule has 7 nitrogen and oxygen atoms in total. The molecule has 0 aliphatic carbocycles. The lowest BCUT2D eigenvalue weighted by Crippen LogP contribution is -2.44. The first-order chi connectivity index (χ1) is 9.02. The van der Waals surface area contributed by atoms with Gasteiger partial charge in [-0.3, -0.25) is 9.59 Å². The number of nitrogens with two attached hydrogens (primary N) is 1. The predicted octanol–water partition coefficient (Wildman–Crippen LogP) is -0.395. The molecule has 0 aromatic heterocycles. The number of carbonyl (C=O) groups is 3. The monoisotopic (exact) mass is 266 g/mol. The van der Waals surface area contributed by atoms with Gasteiger partial charge in [0.1, 0.15) is 12.5 Å². The lowest BCUT2D eigenvalue weighted by Gasteiger charge is -2.15. The molecule has 0 saturated carbocycles. The Hall–Kier alpha value is -2.41. The Balaban J connectivity index is 2.70. The number of carboxylic acid groups (broad SMARTS) is 1. The third kappa shape index (κ3) is 5.17. The smallest absolute Gasteiger partial charge is 0.347 e. The second kappa shape index (κ2) is 7.12. The fraction of sp³-hybridized carbons (Fsp3) is 0.250. The number of nitrogens with one attached hydrogen (secondary N) is 1. The van der Waals surface area contributed by atoms with Crippen molar-refractivity contribution in [1.82, 2.24) is 5.32 Å². The van der Waals surface area contributed by atoms with Crippen molar-refractivity contribution in [3.05, 3.63) is 35.9 Å². The molecule has 7 heteroatoms. The summed E-state index contributed by atoms with van der Waals surface area (Å²) in [6.45, 7) is 0. The van der Waals surface area contributed by atoms with Gasteiger partial charge in [-0.05, 0) is 5.56 Å². The highest BCUT2D eigenvalue weighted by molar-refractivity contribution is 5.95. The van der Waals surface area contributed by atoms with E-state index in [1.165, 1.54) is 0 Å². The number of carboxylic acids is 1. The molecule has 0 radical (unpaired) electrons. The zero-order valence-corrected chi connectivity index (χ0v) is 10.0. The third-order valence-corrected chi connectivity index (χ3v) is 2.33. The molecule has 0 aliphatic heterocycles. The van der Waals surface area contributed by atoms with Gasteiger partial charge in [0.15, 0.2) is 0 Å². The van der Waals surface area contributed by atoms with Gasteiger partial charge in [0.05, 0.1) is 0 Å². The van der Waals surface area contributed by atoms with Gasteiger partial charge in [0, 0.05) is 6.42 Å². The summed E-state index contributed by atoms with van der Waals surface area (Å²) in [5, 5.41) is 10.8. The standard InChI is InChI=1S/C12H14N2O5/c13-19-12(18)9(14-10(15)7-11(16)17)6-8-4-2-1-3-5-8/h1-5,9H,6-7,13H2,(H,14,15)(H,16,17)/t9-/m0/s1. The summed E-state index contributed by atoms with van der Waals surface area (Å²) in [6, 6.07) is 7.88. The first kappa shape index (κ1) is 14.7. The minimum atomic E-state index is -1.28. The molecule has 0 spiro atoms. The second-order valence-electron chi connectivity index (χ2n) is 3.82. The molecule has 1 amide bonds. The van der Waals surface area contributed by atoms with Crippen LogP contribution in [0.3, 0.4) is 0 Å². The van der Waals surface area contributed by atoms with Crippen molar-refractivity contribution >= 4 is 17.8 Å². The lowest BCUT2D eigenvalue weighted by atomic mass is 10.1. The van der Waals surface area contributed by atoms with E-state index in [2.05, 4.69) is 10.2 Å². The molecule has 1 rings (SSSR count). The van der Waals surface area contributed by atoms with Crippen LogP contribution in [0.15, 0.2) is 30.3 Å². The summed E-state index contributed by atoms with van der Waals surface area (Å²) in [6.07, 6.45) is -0.550. The maximum absolute atomic E-state index is 11.4. The summed E-state index contributed by atoms with van der Waals surface area (Å²) < 4.78 is 0. The Morgan fingerprint density at radius 1 is 1.26 bits per heavy atom. The van der Waals surface area contributed by atoms with E-state index in [9.17, 15) is 14.4 Å². The second-order valence-corrected chi connectivity index (χ2v) is 3.82. The van der Waals surface area contributed by atoms with Gasteiger partial charge in [-0.2, -0.15) is 5.90 Å². The number of hydrogen-bond donors (Lipinski definition) is 3. The van der Waals surface area contributed by atoms with E-state index in [0.717, 1.165) is 5.56 Å². The first-order valence-corrected chi connectivity index (χ1v) is 5.48. The van der Waals surface area contributed by atoms with Gasteiger partial charge in [0.2, 0.25) is 5.91 Å². The van der Waals surface area contributed by atoms with Crippen LogP contribution in [0.2, 0.25) is 0 Å². The van der Waals surface area contributed by atoms with Crippen molar-refractivity contribution in [3.8, 4) is 0 Å². The van der Waals surface area contributed by atoms with Crippen LogP contribution < -0.4 is 11.2 Å². The van der Waals surface area contributed by atoms with Gasteiger partial charge < -0.3 is 15.3 Å². The summed E-state index contributed by atoms with van der Waals surface area (Å²) in [4.78, 5) is 37.2. The third-order valence-electron chi connectivity index (χ3n) is 2.33. The average Bonchev–Trinajstić information content (AvgIpc) is 2.37. The highest BCUT2D eigenvalue weighted by Crippen LogP contribution is 2.04. The maximum atomic E-state index is 11.4. The lowest BCUT2D eigenvalue weighted by molar-refractivity contribution is -0.149. The van der Waals surface area contributed by atoms with Crippen molar-refractivity contribution in [2.75, 3.05) is 0 Å². The molecule has 0 fully saturated rings. The Morgan fingerprint density at radius 3 is 2.42 bits per heavy atom. The minimum Gasteiger partial charge on any atom is -0.481 e. The Kier molecular flexibility index (Phi) is 5.49. The molecule has 0 heterocycles. The Morgan fingerprint density at radius 2 is 1.89 bits per heavy atom. The van der Waals surface area contributed by atoms with E-state index in [1.807, 2.05) is 6.07 Å². The van der Waals surface area contributed by atoms with Crippen molar-refractivity contribution in [3.63, 3.8) is 0 Å². The van der Waals surface area contributed by atoms with Crippen LogP contribution in [0.4, 0.5) is 0 Å². The van der Waals surface area contributed by atoms with Crippen LogP contribution in [0.5, 0.6) is 0 Å². The average molecular weight is 266 g/mol. The van der Waals surface area contributed by atoms with Crippen LogP contribution >= 0.6 is 0 Å². The van der Waals surface area contributed by atoms with Crippen LogP contribution in [0, 0.1) is 0 Å². The van der Waals surface area contributed by atoms with E-state index >= 15 is 0 Å². The molecule has 0 bridgehead atoms. The van der Waals surface area contributed by atoms with Crippen LogP contribution in [-0.4, -0.2) is 29.0 Å². The summed E-state index contributed by atoms with van der Waals surface area (Å²) in [7, 11) is 0. The summed E-state index contributed by atoms with van der Waals surface area (Å²) >= 11 is 0. The summed E-state index contributed by atoms with van der Waals surface area (Å²) in [5.74, 6) is 1.90. The molecule has 1 aromatic rings. The van der Waals surface area contributed by atoms with E-state index in [-0.39, 0.29) is 6.42 Å². The van der Waals surface area contributed by atoms with Gasteiger partial charge in [-0.25, -0.2) is 4.79 Å². The molecule has 1 aromatic carbocycles. The van der Waals surface area contributed by atoms with Crippen molar-refractivity contribution < 1.29 is 24.3 Å². The SMILES string of the molecule is NOC(=O)[C@H](Cc1ccccc1)NC(=O)CC(=O)O. The van der Waals surface area contributed by atoms with Crippen molar-refractivity contribution in [2.45, 2.75) is 18.9 Å². The number of amides is 1. The van der Waals surface area contributed by atoms with Crippen molar-refractivity contribution in [2.24, 2.45) is 5.90 Å². The number of carbonyl (C=O) groups excluding carboxylic acids is 2. The van der Waals surface area contributed by atoms with Gasteiger partial charge >= 0.3 is 11.9 Å². The highest BCUT2D eigenvalue weighted by atomic mass is 16.7. The largest absolute Gasteiger partial charge is 0.481 e. The zero-order chi connectivity index (χ0) is 14.3. The van der Waals surface area contributed by atoms with Crippen LogP contribution in [0.25, 0.3) is 0 Å². The van der Waals surface area contributed by atoms with Gasteiger partial charge in [-0.1, -0.05) is 30.3 Å². The zero-order valence-electron chi connectivity index (χ0n) is 10.0. The molecule has 19 heavy (non-hydrogen) atoms. The van der Waals surface area contributed by atoms with Gasteiger partial charge in [-0.15, -0.1) is 0 Å². The predicted molar refractivity (Wildman–Crippen MR) is 64.6 cm³/mol. The van der Waals surface area contributed by atoms with E-state index in [4.69, 9.17) is 11.0 Å². The number of benzene rings is 1. The minimum absolute atomic E-state index is 0.169. The number of aliphatic carboxylic acids is 1. The number of hydrogen-bond acceptors (Lipinski definition) is 5. The normalized spacial score (nSPS) is 11.4. The molecular weight excluding hydrogens is 252 g/mol. The van der Waals surface area contributed by atoms with E-state index < -0.39 is 30.3 Å². The molecule has 0 unspecified atom stereocenters. The topological polar surface area (TPSA) is 119 Å². The summed E-state index contributed by atoms with van der Waals surface area (Å²) in [5.41, 5.74) is 0.786. The molecular formula is C12H14N2O5. The fourth-order valence-corrected chi connectivity index (χ4v) is 1.51. The first-order valence-electron chi connectivity index (χ1n) is 5.48. The number of rotatable bonds is 6. The highest BCUT2D eigenvalue weighted by Gasteiger charge is 2.23. The fourth-order valence-electron chi connectivity index (χ4n) is 1.51. The Bertz CT molecular complexity index is 460. The molecule has 0 aliphatic rings. The molecule has 102 valence electrons. The maximum Gasteiger partial charge on any atom is 0.347 e. The van der Waals surface area contributed by atoms with E-state index in [1.54, 1.807) is 24.3 Å². The van der Waals surface area contributed by atoms with Crippen LogP contribution in [0.1, 0.15) is 12.0 Å². The van der Waals surface area contributed by atoms with Crippen LogP contribution in [-0.2, 0) is 25.6 Å². The Labute approximate surface area is 109 Å². The van der Waals surface area contributed by atoms with Gasteiger partial charge in [0.25, 0.3) is 0 Å². The van der Waals surface area contributed by atoms with Crippen molar-refractivity contribution in [1.29, 1.82) is 0 Å². The molecule has 4 N–H and O–H groups in total. The van der Waals surface area contributed by atoms with E-state index in [0.29, 0.717) is 0 Å². The molecule has 0 saturated heterocycles. The molecule has 1 atom stereocenters. The quantitative estimate of drug-likeness (QED) is 0.476.